The number of amides is 1. The van der Waals surface area contributed by atoms with E-state index in [1.54, 1.807) is 13.3 Å². The van der Waals surface area contributed by atoms with Gasteiger partial charge in [0.1, 0.15) is 0 Å². The SMILES string of the molecule is COCCCNC(=O)c1cnc(NCc2ccccn2)nc1. The van der Waals surface area contributed by atoms with Gasteiger partial charge >= 0.3 is 0 Å². The van der Waals surface area contributed by atoms with Gasteiger partial charge in [0.2, 0.25) is 5.95 Å². The first kappa shape index (κ1) is 15.8. The number of hydrogen-bond donors (Lipinski definition) is 2. The number of nitrogens with one attached hydrogen (secondary N) is 2. The fourth-order valence-electron chi connectivity index (χ4n) is 1.73. The molecule has 0 saturated carbocycles. The van der Waals surface area contributed by atoms with Gasteiger partial charge in [-0.15, -0.1) is 0 Å². The minimum absolute atomic E-state index is 0.188. The van der Waals surface area contributed by atoms with Crippen LogP contribution < -0.4 is 10.6 Å². The summed E-state index contributed by atoms with van der Waals surface area (Å²) in [5.74, 6) is 0.272. The highest BCUT2D eigenvalue weighted by Crippen LogP contribution is 2.02. The van der Waals surface area contributed by atoms with E-state index in [4.69, 9.17) is 4.74 Å². The zero-order valence-corrected chi connectivity index (χ0v) is 12.5. The quantitative estimate of drug-likeness (QED) is 0.713. The minimum atomic E-state index is -0.188. The maximum Gasteiger partial charge on any atom is 0.254 e. The van der Waals surface area contributed by atoms with E-state index in [1.165, 1.54) is 12.4 Å². The van der Waals surface area contributed by atoms with E-state index in [9.17, 15) is 4.79 Å². The summed E-state index contributed by atoms with van der Waals surface area (Å²) in [7, 11) is 1.63. The smallest absolute Gasteiger partial charge is 0.254 e. The van der Waals surface area contributed by atoms with Crippen molar-refractivity contribution in [2.45, 2.75) is 13.0 Å². The molecule has 0 spiro atoms. The van der Waals surface area contributed by atoms with Crippen molar-refractivity contribution in [3.05, 3.63) is 48.0 Å². The van der Waals surface area contributed by atoms with Crippen molar-refractivity contribution in [3.63, 3.8) is 0 Å². The Morgan fingerprint density at radius 2 is 2.05 bits per heavy atom. The molecule has 0 bridgehead atoms. The number of carbonyl (C=O) groups is 1. The predicted molar refractivity (Wildman–Crippen MR) is 82.4 cm³/mol. The molecule has 0 atom stereocenters. The number of methoxy groups -OCH3 is 1. The van der Waals surface area contributed by atoms with Crippen LogP contribution in [0.1, 0.15) is 22.5 Å². The van der Waals surface area contributed by atoms with Gasteiger partial charge in [-0.2, -0.15) is 0 Å². The number of ether oxygens (including phenoxy) is 1. The number of pyridine rings is 1. The molecule has 0 aliphatic rings. The van der Waals surface area contributed by atoms with Crippen molar-refractivity contribution in [3.8, 4) is 0 Å². The molecule has 116 valence electrons. The summed E-state index contributed by atoms with van der Waals surface area (Å²) in [6.45, 7) is 1.71. The molecule has 0 aromatic carbocycles. The summed E-state index contributed by atoms with van der Waals surface area (Å²) in [6.07, 6.45) is 5.50. The summed E-state index contributed by atoms with van der Waals surface area (Å²) < 4.78 is 4.92. The van der Waals surface area contributed by atoms with Crippen LogP contribution in [0.3, 0.4) is 0 Å². The van der Waals surface area contributed by atoms with Crippen LogP contribution >= 0.6 is 0 Å². The molecule has 2 heterocycles. The lowest BCUT2D eigenvalue weighted by Crippen LogP contribution is -2.25. The van der Waals surface area contributed by atoms with Crippen LogP contribution in [0.25, 0.3) is 0 Å². The molecule has 2 rings (SSSR count). The lowest BCUT2D eigenvalue weighted by molar-refractivity contribution is 0.0948. The molecule has 0 radical (unpaired) electrons. The van der Waals surface area contributed by atoms with E-state index in [1.807, 2.05) is 18.2 Å². The van der Waals surface area contributed by atoms with Crippen molar-refractivity contribution in [2.75, 3.05) is 25.6 Å². The van der Waals surface area contributed by atoms with E-state index in [2.05, 4.69) is 25.6 Å². The van der Waals surface area contributed by atoms with E-state index in [-0.39, 0.29) is 5.91 Å². The number of hydrogen-bond acceptors (Lipinski definition) is 6. The number of carbonyl (C=O) groups excluding carboxylic acids is 1. The van der Waals surface area contributed by atoms with Gasteiger partial charge in [-0.05, 0) is 18.6 Å². The average molecular weight is 301 g/mol. The molecule has 0 fully saturated rings. The van der Waals surface area contributed by atoms with Crippen LogP contribution in [0.2, 0.25) is 0 Å². The molecular weight excluding hydrogens is 282 g/mol. The highest BCUT2D eigenvalue weighted by Gasteiger charge is 2.06. The molecule has 7 heteroatoms. The van der Waals surface area contributed by atoms with Crippen molar-refractivity contribution < 1.29 is 9.53 Å². The second-order valence-corrected chi connectivity index (χ2v) is 4.57. The van der Waals surface area contributed by atoms with Gasteiger partial charge in [0.15, 0.2) is 0 Å². The zero-order chi connectivity index (χ0) is 15.6. The van der Waals surface area contributed by atoms with Crippen molar-refractivity contribution in [2.24, 2.45) is 0 Å². The first-order chi connectivity index (χ1) is 10.8. The third kappa shape index (κ3) is 5.10. The number of anilines is 1. The molecular formula is C15H19N5O2. The molecule has 22 heavy (non-hydrogen) atoms. The number of aromatic nitrogens is 3. The van der Waals surface area contributed by atoms with Gasteiger partial charge in [0.05, 0.1) is 17.8 Å². The Morgan fingerprint density at radius 3 is 2.73 bits per heavy atom. The predicted octanol–water partition coefficient (Wildman–Crippen LogP) is 1.25. The zero-order valence-electron chi connectivity index (χ0n) is 12.5. The Balaban J connectivity index is 1.81. The maximum absolute atomic E-state index is 11.8. The van der Waals surface area contributed by atoms with Crippen LogP contribution in [0, 0.1) is 0 Å². The number of nitrogens with zero attached hydrogens (tertiary/aromatic N) is 3. The van der Waals surface area contributed by atoms with Crippen LogP contribution in [0.4, 0.5) is 5.95 Å². The Kier molecular flexibility index (Phi) is 6.25. The summed E-state index contributed by atoms with van der Waals surface area (Å²) >= 11 is 0. The summed E-state index contributed by atoms with van der Waals surface area (Å²) in [6, 6.07) is 5.69. The molecule has 7 nitrogen and oxygen atoms in total. The first-order valence-electron chi connectivity index (χ1n) is 7.02. The van der Waals surface area contributed by atoms with Gasteiger partial charge in [-0.25, -0.2) is 9.97 Å². The van der Waals surface area contributed by atoms with E-state index in [0.29, 0.717) is 31.2 Å². The van der Waals surface area contributed by atoms with Crippen LogP contribution in [0.15, 0.2) is 36.8 Å². The minimum Gasteiger partial charge on any atom is -0.385 e. The second kappa shape index (κ2) is 8.68. The molecule has 0 aliphatic heterocycles. The van der Waals surface area contributed by atoms with Gasteiger partial charge in [0, 0.05) is 38.9 Å². The van der Waals surface area contributed by atoms with Gasteiger partial charge in [-0.3, -0.25) is 9.78 Å². The highest BCUT2D eigenvalue weighted by atomic mass is 16.5. The molecule has 1 amide bonds. The summed E-state index contributed by atoms with van der Waals surface area (Å²) in [4.78, 5) is 24.3. The molecule has 0 saturated heterocycles. The Hall–Kier alpha value is -2.54. The van der Waals surface area contributed by atoms with E-state index < -0.39 is 0 Å². The van der Waals surface area contributed by atoms with E-state index in [0.717, 1.165) is 12.1 Å². The standard InChI is InChI=1S/C15H19N5O2/c1-22-8-4-7-17-14(21)12-9-18-15(19-10-12)20-11-13-5-2-3-6-16-13/h2-3,5-6,9-10H,4,7-8,11H2,1H3,(H,17,21)(H,18,19,20). The average Bonchev–Trinajstić information content (AvgIpc) is 2.58. The second-order valence-electron chi connectivity index (χ2n) is 4.57. The lowest BCUT2D eigenvalue weighted by atomic mass is 10.3. The molecule has 2 N–H and O–H groups in total. The van der Waals surface area contributed by atoms with Gasteiger partial charge < -0.3 is 15.4 Å². The van der Waals surface area contributed by atoms with Gasteiger partial charge in [-0.1, -0.05) is 6.07 Å². The summed E-state index contributed by atoms with van der Waals surface area (Å²) in [5, 5.41) is 5.84. The first-order valence-corrected chi connectivity index (χ1v) is 7.02. The maximum atomic E-state index is 11.8. The van der Waals surface area contributed by atoms with Crippen molar-refractivity contribution in [1.82, 2.24) is 20.3 Å². The molecule has 0 aliphatic carbocycles. The van der Waals surface area contributed by atoms with Gasteiger partial charge in [0.25, 0.3) is 5.91 Å². The van der Waals surface area contributed by atoms with E-state index >= 15 is 0 Å². The third-order valence-corrected chi connectivity index (χ3v) is 2.88. The molecule has 0 unspecified atom stereocenters. The normalized spacial score (nSPS) is 10.2. The highest BCUT2D eigenvalue weighted by molar-refractivity contribution is 5.93. The van der Waals surface area contributed by atoms with Crippen molar-refractivity contribution >= 4 is 11.9 Å². The third-order valence-electron chi connectivity index (χ3n) is 2.88. The largest absolute Gasteiger partial charge is 0.385 e. The Bertz CT molecular complexity index is 574. The number of rotatable bonds is 8. The fourth-order valence-corrected chi connectivity index (χ4v) is 1.73. The monoisotopic (exact) mass is 301 g/mol. The van der Waals surface area contributed by atoms with Crippen molar-refractivity contribution in [1.29, 1.82) is 0 Å². The molecule has 2 aromatic heterocycles. The molecule has 2 aromatic rings. The van der Waals surface area contributed by atoms with Crippen LogP contribution in [-0.2, 0) is 11.3 Å². The van der Waals surface area contributed by atoms with Crippen LogP contribution in [-0.4, -0.2) is 41.1 Å². The fraction of sp³-hybridized carbons (Fsp3) is 0.333. The Morgan fingerprint density at radius 1 is 1.23 bits per heavy atom. The Labute approximate surface area is 129 Å². The lowest BCUT2D eigenvalue weighted by Gasteiger charge is -2.06. The topological polar surface area (TPSA) is 89.0 Å². The summed E-state index contributed by atoms with van der Waals surface area (Å²) in [5.41, 5.74) is 1.33. The van der Waals surface area contributed by atoms with Crippen LogP contribution in [0.5, 0.6) is 0 Å².